The van der Waals surface area contributed by atoms with Crippen LogP contribution >= 0.6 is 11.5 Å². The second kappa shape index (κ2) is 5.46. The number of nitrogens with zero attached hydrogens (tertiary/aromatic N) is 2. The molecule has 0 unspecified atom stereocenters. The Hall–Kier alpha value is -2.15. The number of ether oxygens (including phenoxy) is 1. The van der Waals surface area contributed by atoms with E-state index in [2.05, 4.69) is 14.9 Å². The van der Waals surface area contributed by atoms with Crippen LogP contribution in [-0.4, -0.2) is 22.2 Å². The highest BCUT2D eigenvalue weighted by Gasteiger charge is 2.18. The number of anilines is 3. The molecule has 3 N–H and O–H groups in total. The zero-order valence-electron chi connectivity index (χ0n) is 9.71. The summed E-state index contributed by atoms with van der Waals surface area (Å²) in [6.07, 6.45) is 0. The van der Waals surface area contributed by atoms with E-state index < -0.39 is 5.97 Å². The average Bonchev–Trinajstić information content (AvgIpc) is 2.81. The molecule has 94 valence electrons. The second-order valence-electron chi connectivity index (χ2n) is 3.38. The molecular weight excluding hydrogens is 252 g/mol. The first kappa shape index (κ1) is 12.3. The Balaban J connectivity index is 2.23. The number of aromatic nitrogens is 2. The minimum Gasteiger partial charge on any atom is -0.461 e. The maximum absolute atomic E-state index is 11.6. The number of carbonyl (C=O) groups is 1. The Morgan fingerprint density at radius 1 is 1.50 bits per heavy atom. The summed E-state index contributed by atoms with van der Waals surface area (Å²) < 4.78 is 8.63. The first-order chi connectivity index (χ1) is 8.72. The first-order valence-electron chi connectivity index (χ1n) is 5.33. The molecule has 0 saturated carbocycles. The van der Waals surface area contributed by atoms with Gasteiger partial charge in [0.05, 0.1) is 18.0 Å². The van der Waals surface area contributed by atoms with E-state index in [-0.39, 0.29) is 5.69 Å². The van der Waals surface area contributed by atoms with E-state index in [1.165, 1.54) is 0 Å². The maximum Gasteiger partial charge on any atom is 0.362 e. The van der Waals surface area contributed by atoms with Crippen LogP contribution in [0.25, 0.3) is 0 Å². The Morgan fingerprint density at radius 3 is 3.00 bits per heavy atom. The molecule has 0 fully saturated rings. The fraction of sp³-hybridized carbons (Fsp3) is 0.182. The van der Waals surface area contributed by atoms with Crippen molar-refractivity contribution in [2.45, 2.75) is 6.92 Å². The molecule has 0 radical (unpaired) electrons. The number of rotatable bonds is 4. The zero-order chi connectivity index (χ0) is 13.0. The van der Waals surface area contributed by atoms with Crippen LogP contribution in [0.4, 0.5) is 16.4 Å². The fourth-order valence-electron chi connectivity index (χ4n) is 1.34. The molecule has 0 bridgehead atoms. The van der Waals surface area contributed by atoms with Gasteiger partial charge in [-0.1, -0.05) is 16.6 Å². The van der Waals surface area contributed by atoms with Crippen LogP contribution in [0.3, 0.4) is 0 Å². The molecule has 1 heterocycles. The average molecular weight is 264 g/mol. The van der Waals surface area contributed by atoms with Crippen molar-refractivity contribution >= 4 is 33.9 Å². The molecule has 7 heteroatoms. The third-order valence-electron chi connectivity index (χ3n) is 2.17. The molecule has 1 aromatic heterocycles. The molecule has 6 nitrogen and oxygen atoms in total. The number of hydrogen-bond donors (Lipinski definition) is 2. The summed E-state index contributed by atoms with van der Waals surface area (Å²) >= 11 is 1.08. The third kappa shape index (κ3) is 2.57. The van der Waals surface area contributed by atoms with Crippen molar-refractivity contribution in [3.05, 3.63) is 30.0 Å². The van der Waals surface area contributed by atoms with Crippen LogP contribution in [0.5, 0.6) is 0 Å². The fourth-order valence-corrected chi connectivity index (χ4v) is 1.91. The van der Waals surface area contributed by atoms with Gasteiger partial charge in [-0.2, -0.15) is 0 Å². The Morgan fingerprint density at radius 2 is 2.28 bits per heavy atom. The van der Waals surface area contributed by atoms with Crippen molar-refractivity contribution in [3.8, 4) is 0 Å². The van der Waals surface area contributed by atoms with Gasteiger partial charge in [-0.05, 0) is 19.1 Å². The molecule has 0 aliphatic heterocycles. The number of nitrogen functional groups attached to an aromatic ring is 1. The number of para-hydroxylation sites is 2. The van der Waals surface area contributed by atoms with Gasteiger partial charge < -0.3 is 15.8 Å². The molecule has 18 heavy (non-hydrogen) atoms. The highest BCUT2D eigenvalue weighted by Crippen LogP contribution is 2.27. The molecule has 2 aromatic rings. The van der Waals surface area contributed by atoms with E-state index in [0.717, 1.165) is 11.5 Å². The lowest BCUT2D eigenvalue weighted by Gasteiger charge is -2.07. The van der Waals surface area contributed by atoms with E-state index >= 15 is 0 Å². The Bertz CT molecular complexity index is 555. The molecule has 0 saturated heterocycles. The van der Waals surface area contributed by atoms with Crippen molar-refractivity contribution < 1.29 is 9.53 Å². The standard InChI is InChI=1S/C11H12N4O2S/c1-2-17-11(16)9-10(18-15-14-9)13-8-6-4-3-5-7(8)12/h3-6,13H,2,12H2,1H3. The van der Waals surface area contributed by atoms with E-state index in [4.69, 9.17) is 10.5 Å². The number of nitrogens with one attached hydrogen (secondary N) is 1. The van der Waals surface area contributed by atoms with Gasteiger partial charge >= 0.3 is 5.97 Å². The van der Waals surface area contributed by atoms with Gasteiger partial charge in [0.25, 0.3) is 0 Å². The van der Waals surface area contributed by atoms with Gasteiger partial charge in [0.15, 0.2) is 0 Å². The van der Waals surface area contributed by atoms with Gasteiger partial charge in [0.2, 0.25) is 5.69 Å². The summed E-state index contributed by atoms with van der Waals surface area (Å²) in [5, 5.41) is 7.30. The van der Waals surface area contributed by atoms with E-state index in [0.29, 0.717) is 23.0 Å². The van der Waals surface area contributed by atoms with Crippen molar-refractivity contribution in [3.63, 3.8) is 0 Å². The van der Waals surface area contributed by atoms with Crippen LogP contribution in [0.2, 0.25) is 0 Å². The van der Waals surface area contributed by atoms with Crippen molar-refractivity contribution in [2.24, 2.45) is 0 Å². The molecule has 0 aliphatic carbocycles. The lowest BCUT2D eigenvalue weighted by molar-refractivity contribution is 0.0520. The number of benzene rings is 1. The monoisotopic (exact) mass is 264 g/mol. The first-order valence-corrected chi connectivity index (χ1v) is 6.10. The zero-order valence-corrected chi connectivity index (χ0v) is 10.5. The highest BCUT2D eigenvalue weighted by molar-refractivity contribution is 7.10. The van der Waals surface area contributed by atoms with Gasteiger partial charge in [0.1, 0.15) is 5.00 Å². The summed E-state index contributed by atoms with van der Waals surface area (Å²) in [6.45, 7) is 2.03. The highest BCUT2D eigenvalue weighted by atomic mass is 32.1. The lowest BCUT2D eigenvalue weighted by Crippen LogP contribution is -2.08. The number of esters is 1. The quantitative estimate of drug-likeness (QED) is 0.648. The summed E-state index contributed by atoms with van der Waals surface area (Å²) in [4.78, 5) is 11.6. The Kier molecular flexibility index (Phi) is 3.73. The van der Waals surface area contributed by atoms with Gasteiger partial charge in [-0.3, -0.25) is 0 Å². The minimum atomic E-state index is -0.497. The number of carbonyl (C=O) groups excluding carboxylic acids is 1. The predicted octanol–water partition coefficient (Wildman–Crippen LogP) is 2.04. The molecule has 1 aromatic carbocycles. The molecular formula is C11H12N4O2S. The maximum atomic E-state index is 11.6. The van der Waals surface area contributed by atoms with Gasteiger partial charge in [-0.15, -0.1) is 5.10 Å². The normalized spacial score (nSPS) is 10.1. The van der Waals surface area contributed by atoms with Crippen molar-refractivity contribution in [1.82, 2.24) is 9.59 Å². The largest absolute Gasteiger partial charge is 0.461 e. The number of hydrogen-bond acceptors (Lipinski definition) is 7. The predicted molar refractivity (Wildman–Crippen MR) is 70.0 cm³/mol. The summed E-state index contributed by atoms with van der Waals surface area (Å²) in [5.41, 5.74) is 7.27. The van der Waals surface area contributed by atoms with Crippen molar-refractivity contribution in [1.29, 1.82) is 0 Å². The molecule has 0 atom stereocenters. The molecule has 0 spiro atoms. The Labute approximate surface area is 108 Å². The molecule has 0 amide bonds. The number of nitrogens with two attached hydrogens (primary N) is 1. The summed E-state index contributed by atoms with van der Waals surface area (Å²) in [5.74, 6) is -0.497. The van der Waals surface area contributed by atoms with Crippen molar-refractivity contribution in [2.75, 3.05) is 17.7 Å². The van der Waals surface area contributed by atoms with E-state index in [1.54, 1.807) is 13.0 Å². The topological polar surface area (TPSA) is 90.1 Å². The van der Waals surface area contributed by atoms with Crippen LogP contribution in [0.1, 0.15) is 17.4 Å². The van der Waals surface area contributed by atoms with E-state index in [1.807, 2.05) is 18.2 Å². The molecule has 0 aliphatic rings. The van der Waals surface area contributed by atoms with Crippen LogP contribution < -0.4 is 11.1 Å². The van der Waals surface area contributed by atoms with Crippen LogP contribution in [0, 0.1) is 0 Å². The smallest absolute Gasteiger partial charge is 0.362 e. The lowest BCUT2D eigenvalue weighted by atomic mass is 10.2. The van der Waals surface area contributed by atoms with E-state index in [9.17, 15) is 4.79 Å². The minimum absolute atomic E-state index is 0.171. The summed E-state index contributed by atoms with van der Waals surface area (Å²) in [6, 6.07) is 7.25. The van der Waals surface area contributed by atoms with Crippen LogP contribution in [0.15, 0.2) is 24.3 Å². The van der Waals surface area contributed by atoms with Gasteiger partial charge in [-0.25, -0.2) is 4.79 Å². The second-order valence-corrected chi connectivity index (χ2v) is 4.14. The van der Waals surface area contributed by atoms with Gasteiger partial charge in [0, 0.05) is 11.5 Å². The molecule has 2 rings (SSSR count). The van der Waals surface area contributed by atoms with Crippen LogP contribution in [-0.2, 0) is 4.74 Å². The SMILES string of the molecule is CCOC(=O)c1nnsc1Nc1ccccc1N. The summed E-state index contributed by atoms with van der Waals surface area (Å²) in [7, 11) is 0. The third-order valence-corrected chi connectivity index (χ3v) is 2.81.